The first-order valence-electron chi connectivity index (χ1n) is 8.70. The van der Waals surface area contributed by atoms with Crippen molar-refractivity contribution in [3.8, 4) is 28.2 Å². The van der Waals surface area contributed by atoms with Crippen molar-refractivity contribution in [2.75, 3.05) is 5.73 Å². The van der Waals surface area contributed by atoms with Crippen LogP contribution >= 0.6 is 0 Å². The molecular formula is C22H17FN4O. The molecular weight excluding hydrogens is 355 g/mol. The van der Waals surface area contributed by atoms with Crippen LogP contribution in [0.3, 0.4) is 0 Å². The van der Waals surface area contributed by atoms with Crippen LogP contribution in [-0.2, 0) is 0 Å². The lowest BCUT2D eigenvalue weighted by molar-refractivity contribution is 0.632. The van der Waals surface area contributed by atoms with Crippen LogP contribution < -0.4 is 11.3 Å². The third-order valence-electron chi connectivity index (χ3n) is 4.53. The van der Waals surface area contributed by atoms with Crippen molar-refractivity contribution in [1.82, 2.24) is 14.5 Å². The minimum atomic E-state index is -0.529. The summed E-state index contributed by atoms with van der Waals surface area (Å²) < 4.78 is 15.1. The minimum Gasteiger partial charge on any atom is -0.396 e. The van der Waals surface area contributed by atoms with Gasteiger partial charge in [0.2, 0.25) is 0 Å². The first-order chi connectivity index (χ1) is 13.5. The van der Waals surface area contributed by atoms with Crippen LogP contribution in [0.1, 0.15) is 5.56 Å². The molecule has 0 saturated carbocycles. The Morgan fingerprint density at radius 2 is 1.71 bits per heavy atom. The van der Waals surface area contributed by atoms with Gasteiger partial charge in [0.25, 0.3) is 5.56 Å². The van der Waals surface area contributed by atoms with Crippen LogP contribution in [0, 0.1) is 12.7 Å². The number of aryl methyl sites for hydroxylation is 1. The van der Waals surface area contributed by atoms with Crippen molar-refractivity contribution in [2.45, 2.75) is 6.92 Å². The average Bonchev–Trinajstić information content (AvgIpc) is 2.72. The van der Waals surface area contributed by atoms with Crippen molar-refractivity contribution in [3.63, 3.8) is 0 Å². The Kier molecular flexibility index (Phi) is 4.45. The Balaban J connectivity index is 2.03. The van der Waals surface area contributed by atoms with E-state index < -0.39 is 5.82 Å². The van der Waals surface area contributed by atoms with Gasteiger partial charge >= 0.3 is 0 Å². The molecule has 2 heterocycles. The lowest BCUT2D eigenvalue weighted by Crippen LogP contribution is -2.20. The minimum absolute atomic E-state index is 0.0248. The Labute approximate surface area is 161 Å². The van der Waals surface area contributed by atoms with E-state index in [-0.39, 0.29) is 11.2 Å². The number of pyridine rings is 1. The van der Waals surface area contributed by atoms with Crippen molar-refractivity contribution < 1.29 is 4.39 Å². The second-order valence-corrected chi connectivity index (χ2v) is 6.41. The van der Waals surface area contributed by atoms with Gasteiger partial charge in [0.15, 0.2) is 5.82 Å². The summed E-state index contributed by atoms with van der Waals surface area (Å²) in [6.45, 7) is 1.95. The van der Waals surface area contributed by atoms with Gasteiger partial charge in [-0.3, -0.25) is 9.36 Å². The number of nitrogens with zero attached hydrogens (tertiary/aromatic N) is 3. The fourth-order valence-electron chi connectivity index (χ4n) is 3.09. The molecule has 4 rings (SSSR count). The molecule has 0 radical (unpaired) electrons. The number of nitrogen functional groups attached to an aromatic ring is 1. The highest BCUT2D eigenvalue weighted by Gasteiger charge is 2.15. The van der Waals surface area contributed by atoms with Crippen LogP contribution in [0.2, 0.25) is 0 Å². The van der Waals surface area contributed by atoms with Crippen LogP contribution in [0.4, 0.5) is 10.1 Å². The predicted molar refractivity (Wildman–Crippen MR) is 108 cm³/mol. The normalized spacial score (nSPS) is 10.8. The second-order valence-electron chi connectivity index (χ2n) is 6.41. The zero-order valence-corrected chi connectivity index (χ0v) is 15.1. The van der Waals surface area contributed by atoms with E-state index in [0.29, 0.717) is 22.6 Å². The van der Waals surface area contributed by atoms with Crippen molar-refractivity contribution >= 4 is 5.69 Å². The molecule has 6 heteroatoms. The van der Waals surface area contributed by atoms with E-state index in [1.165, 1.54) is 22.8 Å². The van der Waals surface area contributed by atoms with Crippen LogP contribution in [0.15, 0.2) is 78.0 Å². The van der Waals surface area contributed by atoms with Crippen LogP contribution in [-0.4, -0.2) is 14.5 Å². The Hall–Kier alpha value is -3.80. The van der Waals surface area contributed by atoms with E-state index in [9.17, 15) is 9.18 Å². The SMILES string of the molecule is Cc1ccccc1-c1cc(-c2ncccn2)cn(-c2ccc(F)c(N)c2)c1=O. The van der Waals surface area contributed by atoms with E-state index in [4.69, 9.17) is 5.73 Å². The van der Waals surface area contributed by atoms with E-state index in [2.05, 4.69) is 9.97 Å². The predicted octanol–water partition coefficient (Wildman–Crippen LogP) is 3.99. The molecule has 2 aromatic heterocycles. The summed E-state index contributed by atoms with van der Waals surface area (Å²) in [6.07, 6.45) is 4.92. The standard InChI is InChI=1S/C22H17FN4O/c1-14-5-2-3-6-17(14)18-11-15(21-25-9-4-10-26-21)13-27(22(18)28)16-7-8-19(23)20(24)12-16/h2-13H,24H2,1H3. The van der Waals surface area contributed by atoms with Gasteiger partial charge in [-0.1, -0.05) is 24.3 Å². The highest BCUT2D eigenvalue weighted by molar-refractivity contribution is 5.72. The highest BCUT2D eigenvalue weighted by atomic mass is 19.1. The van der Waals surface area contributed by atoms with Gasteiger partial charge in [-0.25, -0.2) is 14.4 Å². The third-order valence-corrected chi connectivity index (χ3v) is 4.53. The molecule has 0 spiro atoms. The molecule has 0 saturated heterocycles. The molecule has 4 aromatic rings. The maximum Gasteiger partial charge on any atom is 0.263 e. The molecule has 28 heavy (non-hydrogen) atoms. The number of halogens is 1. The first kappa shape index (κ1) is 17.6. The van der Waals surface area contributed by atoms with Crippen LogP contribution in [0.5, 0.6) is 0 Å². The smallest absolute Gasteiger partial charge is 0.263 e. The average molecular weight is 372 g/mol. The topological polar surface area (TPSA) is 73.8 Å². The van der Waals surface area contributed by atoms with Gasteiger partial charge in [-0.05, 0) is 48.4 Å². The maximum absolute atomic E-state index is 13.6. The van der Waals surface area contributed by atoms with Gasteiger partial charge < -0.3 is 5.73 Å². The first-order valence-corrected chi connectivity index (χ1v) is 8.70. The Morgan fingerprint density at radius 3 is 2.43 bits per heavy atom. The van der Waals surface area contributed by atoms with Gasteiger partial charge in [-0.2, -0.15) is 0 Å². The van der Waals surface area contributed by atoms with Gasteiger partial charge in [0.1, 0.15) is 5.82 Å². The fourth-order valence-corrected chi connectivity index (χ4v) is 3.09. The van der Waals surface area contributed by atoms with Crippen molar-refractivity contribution in [1.29, 1.82) is 0 Å². The third kappa shape index (κ3) is 3.16. The summed E-state index contributed by atoms with van der Waals surface area (Å²) in [5.41, 5.74) is 8.88. The molecule has 138 valence electrons. The number of hydrogen-bond donors (Lipinski definition) is 1. The molecule has 0 amide bonds. The number of benzene rings is 2. The molecule has 2 aromatic carbocycles. The van der Waals surface area contributed by atoms with Crippen LogP contribution in [0.25, 0.3) is 28.2 Å². The fraction of sp³-hybridized carbons (Fsp3) is 0.0455. The quantitative estimate of drug-likeness (QED) is 0.552. The summed E-state index contributed by atoms with van der Waals surface area (Å²) in [6, 6.07) is 15.3. The maximum atomic E-state index is 13.6. The molecule has 0 bridgehead atoms. The summed E-state index contributed by atoms with van der Waals surface area (Å²) in [7, 11) is 0. The Morgan fingerprint density at radius 1 is 0.964 bits per heavy atom. The molecule has 0 aliphatic carbocycles. The van der Waals surface area contributed by atoms with Gasteiger partial charge in [0, 0.05) is 29.7 Å². The molecule has 0 aliphatic heterocycles. The van der Waals surface area contributed by atoms with E-state index in [0.717, 1.165) is 11.1 Å². The lowest BCUT2D eigenvalue weighted by Gasteiger charge is -2.13. The second kappa shape index (κ2) is 7.08. The van der Waals surface area contributed by atoms with Crippen molar-refractivity contribution in [2.24, 2.45) is 0 Å². The van der Waals surface area contributed by atoms with Crippen molar-refractivity contribution in [3.05, 3.63) is 94.9 Å². The largest absolute Gasteiger partial charge is 0.396 e. The molecule has 0 aliphatic rings. The van der Waals surface area contributed by atoms with E-state index >= 15 is 0 Å². The monoisotopic (exact) mass is 372 g/mol. The number of rotatable bonds is 3. The lowest BCUT2D eigenvalue weighted by atomic mass is 10.00. The summed E-state index contributed by atoms with van der Waals surface area (Å²) in [5.74, 6) is -0.0420. The zero-order valence-electron chi connectivity index (χ0n) is 15.1. The number of nitrogens with two attached hydrogens (primary N) is 1. The number of anilines is 1. The zero-order chi connectivity index (χ0) is 19.7. The molecule has 5 nitrogen and oxygen atoms in total. The Bertz CT molecular complexity index is 1220. The van der Waals surface area contributed by atoms with Gasteiger partial charge in [0.05, 0.1) is 11.4 Å². The number of hydrogen-bond acceptors (Lipinski definition) is 4. The van der Waals surface area contributed by atoms with E-state index in [1.807, 2.05) is 31.2 Å². The molecule has 2 N–H and O–H groups in total. The number of aromatic nitrogens is 3. The molecule has 0 fully saturated rings. The molecule has 0 unspecified atom stereocenters. The summed E-state index contributed by atoms with van der Waals surface area (Å²) in [4.78, 5) is 21.9. The highest BCUT2D eigenvalue weighted by Crippen LogP contribution is 2.25. The summed E-state index contributed by atoms with van der Waals surface area (Å²) >= 11 is 0. The van der Waals surface area contributed by atoms with E-state index in [1.54, 1.807) is 30.7 Å². The van der Waals surface area contributed by atoms with Gasteiger partial charge in [-0.15, -0.1) is 0 Å². The summed E-state index contributed by atoms with van der Waals surface area (Å²) in [5, 5.41) is 0. The molecule has 0 atom stereocenters.